The van der Waals surface area contributed by atoms with Gasteiger partial charge in [-0.1, -0.05) is 52.8 Å². The van der Waals surface area contributed by atoms with Gasteiger partial charge >= 0.3 is 0 Å². The quantitative estimate of drug-likeness (QED) is 0.732. The summed E-state index contributed by atoms with van der Waals surface area (Å²) >= 11 is 0. The Kier molecular flexibility index (Phi) is 6.31. The molecule has 0 heterocycles. The SMILES string of the molecule is CCC(C)c1ccc(S(=O)(=O)Nc2cccc(NC(=O)C(C)(C)C)c2)cc1. The van der Waals surface area contributed by atoms with Crippen LogP contribution in [0.25, 0.3) is 0 Å². The lowest BCUT2D eigenvalue weighted by Gasteiger charge is -2.18. The summed E-state index contributed by atoms with van der Waals surface area (Å²) in [5, 5.41) is 2.80. The number of nitrogens with one attached hydrogen (secondary N) is 2. The lowest BCUT2D eigenvalue weighted by atomic mass is 9.95. The van der Waals surface area contributed by atoms with E-state index < -0.39 is 15.4 Å². The van der Waals surface area contributed by atoms with Gasteiger partial charge < -0.3 is 5.32 Å². The Hall–Kier alpha value is -2.34. The molecule has 0 fully saturated rings. The fourth-order valence-corrected chi connectivity index (χ4v) is 3.45. The summed E-state index contributed by atoms with van der Waals surface area (Å²) in [7, 11) is -3.70. The van der Waals surface area contributed by atoms with Crippen molar-refractivity contribution in [2.24, 2.45) is 5.41 Å². The zero-order valence-corrected chi connectivity index (χ0v) is 17.4. The van der Waals surface area contributed by atoms with Crippen LogP contribution in [0, 0.1) is 5.41 Å². The fraction of sp³-hybridized carbons (Fsp3) is 0.381. The highest BCUT2D eigenvalue weighted by atomic mass is 32.2. The normalized spacial score (nSPS) is 13.1. The Morgan fingerprint density at radius 1 is 1.04 bits per heavy atom. The first-order valence-corrected chi connectivity index (χ1v) is 10.6. The molecule has 2 aromatic carbocycles. The number of amides is 1. The lowest BCUT2D eigenvalue weighted by Crippen LogP contribution is -2.27. The van der Waals surface area contributed by atoms with Gasteiger partial charge in [0, 0.05) is 11.1 Å². The molecule has 1 atom stereocenters. The Balaban J connectivity index is 2.18. The minimum Gasteiger partial charge on any atom is -0.326 e. The van der Waals surface area contributed by atoms with Gasteiger partial charge in [-0.3, -0.25) is 9.52 Å². The number of rotatable bonds is 6. The second-order valence-electron chi connectivity index (χ2n) is 7.77. The molecule has 2 N–H and O–H groups in total. The zero-order chi connectivity index (χ0) is 20.2. The third-order valence-corrected chi connectivity index (χ3v) is 5.82. The van der Waals surface area contributed by atoms with Crippen molar-refractivity contribution in [2.45, 2.75) is 51.9 Å². The summed E-state index contributed by atoms with van der Waals surface area (Å²) < 4.78 is 27.9. The molecular weight excluding hydrogens is 360 g/mol. The molecular formula is C21H28N2O3S. The number of anilines is 2. The van der Waals surface area contributed by atoms with Crippen molar-refractivity contribution >= 4 is 27.3 Å². The van der Waals surface area contributed by atoms with Crippen LogP contribution >= 0.6 is 0 Å². The Morgan fingerprint density at radius 2 is 1.63 bits per heavy atom. The van der Waals surface area contributed by atoms with Crippen LogP contribution < -0.4 is 10.0 Å². The molecule has 0 saturated carbocycles. The number of carbonyl (C=O) groups excluding carboxylic acids is 1. The van der Waals surface area contributed by atoms with Crippen LogP contribution in [-0.2, 0) is 14.8 Å². The Labute approximate surface area is 162 Å². The van der Waals surface area contributed by atoms with Crippen LogP contribution in [0.1, 0.15) is 52.5 Å². The van der Waals surface area contributed by atoms with Crippen molar-refractivity contribution in [1.82, 2.24) is 0 Å². The van der Waals surface area contributed by atoms with Crippen molar-refractivity contribution < 1.29 is 13.2 Å². The number of sulfonamides is 1. The van der Waals surface area contributed by atoms with E-state index in [1.165, 1.54) is 0 Å². The van der Waals surface area contributed by atoms with Gasteiger partial charge in [-0.15, -0.1) is 0 Å². The van der Waals surface area contributed by atoms with E-state index in [1.54, 1.807) is 36.4 Å². The molecule has 0 aliphatic carbocycles. The molecule has 0 spiro atoms. The van der Waals surface area contributed by atoms with Crippen LogP contribution in [0.15, 0.2) is 53.4 Å². The average molecular weight is 389 g/mol. The Bertz CT molecular complexity index is 898. The van der Waals surface area contributed by atoms with Gasteiger partial charge in [0.15, 0.2) is 0 Å². The second kappa shape index (κ2) is 8.13. The van der Waals surface area contributed by atoms with Gasteiger partial charge in [-0.05, 0) is 48.2 Å². The largest absolute Gasteiger partial charge is 0.326 e. The summed E-state index contributed by atoms with van der Waals surface area (Å²) in [4.78, 5) is 12.3. The van der Waals surface area contributed by atoms with Gasteiger partial charge in [0.2, 0.25) is 5.91 Å². The highest BCUT2D eigenvalue weighted by molar-refractivity contribution is 7.92. The lowest BCUT2D eigenvalue weighted by molar-refractivity contribution is -0.123. The fourth-order valence-electron chi connectivity index (χ4n) is 2.40. The maximum atomic E-state index is 12.6. The molecule has 146 valence electrons. The van der Waals surface area contributed by atoms with E-state index in [4.69, 9.17) is 0 Å². The minimum atomic E-state index is -3.70. The highest BCUT2D eigenvalue weighted by Crippen LogP contribution is 2.24. The highest BCUT2D eigenvalue weighted by Gasteiger charge is 2.21. The predicted molar refractivity (Wildman–Crippen MR) is 110 cm³/mol. The van der Waals surface area contributed by atoms with Crippen LogP contribution in [0.2, 0.25) is 0 Å². The van der Waals surface area contributed by atoms with Crippen LogP contribution in [0.3, 0.4) is 0 Å². The molecule has 0 aromatic heterocycles. The monoisotopic (exact) mass is 388 g/mol. The number of hydrogen-bond donors (Lipinski definition) is 2. The first kappa shape index (κ1) is 21.0. The van der Waals surface area contributed by atoms with Crippen molar-refractivity contribution in [2.75, 3.05) is 10.0 Å². The van der Waals surface area contributed by atoms with Crippen molar-refractivity contribution in [3.63, 3.8) is 0 Å². The van der Waals surface area contributed by atoms with E-state index in [-0.39, 0.29) is 10.8 Å². The van der Waals surface area contributed by atoms with E-state index in [1.807, 2.05) is 32.9 Å². The molecule has 2 rings (SSSR count). The van der Waals surface area contributed by atoms with Crippen molar-refractivity contribution in [3.05, 3.63) is 54.1 Å². The second-order valence-corrected chi connectivity index (χ2v) is 9.45. The predicted octanol–water partition coefficient (Wildman–Crippen LogP) is 4.99. The molecule has 0 saturated heterocycles. The molecule has 6 heteroatoms. The van der Waals surface area contributed by atoms with Gasteiger partial charge in [-0.2, -0.15) is 0 Å². The third kappa shape index (κ3) is 5.57. The van der Waals surface area contributed by atoms with Crippen LogP contribution in [-0.4, -0.2) is 14.3 Å². The first-order valence-electron chi connectivity index (χ1n) is 9.07. The van der Waals surface area contributed by atoms with Crippen LogP contribution in [0.4, 0.5) is 11.4 Å². The molecule has 0 aliphatic heterocycles. The van der Waals surface area contributed by atoms with Crippen LogP contribution in [0.5, 0.6) is 0 Å². The van der Waals surface area contributed by atoms with Gasteiger partial charge in [0.25, 0.3) is 10.0 Å². The smallest absolute Gasteiger partial charge is 0.261 e. The van der Waals surface area contributed by atoms with E-state index in [0.29, 0.717) is 17.3 Å². The maximum Gasteiger partial charge on any atom is 0.261 e. The molecule has 1 amide bonds. The molecule has 0 radical (unpaired) electrons. The average Bonchev–Trinajstić information content (AvgIpc) is 2.60. The van der Waals surface area contributed by atoms with Crippen molar-refractivity contribution in [3.8, 4) is 0 Å². The molecule has 0 aliphatic rings. The Morgan fingerprint density at radius 3 is 2.19 bits per heavy atom. The van der Waals surface area contributed by atoms with E-state index >= 15 is 0 Å². The molecule has 2 aromatic rings. The first-order chi connectivity index (χ1) is 12.5. The maximum absolute atomic E-state index is 12.6. The standard InChI is InChI=1S/C21H28N2O3S/c1-6-15(2)16-10-12-19(13-11-16)27(25,26)23-18-9-7-8-17(14-18)22-20(24)21(3,4)5/h7-15,23H,6H2,1-5H3,(H,22,24). The summed E-state index contributed by atoms with van der Waals surface area (Å²) in [5.41, 5.74) is 1.52. The number of carbonyl (C=O) groups is 1. The molecule has 1 unspecified atom stereocenters. The zero-order valence-electron chi connectivity index (χ0n) is 16.5. The third-order valence-electron chi connectivity index (χ3n) is 4.43. The molecule has 0 bridgehead atoms. The minimum absolute atomic E-state index is 0.136. The summed E-state index contributed by atoms with van der Waals surface area (Å²) in [6, 6.07) is 13.6. The molecule has 27 heavy (non-hydrogen) atoms. The number of benzene rings is 2. The number of hydrogen-bond acceptors (Lipinski definition) is 3. The summed E-state index contributed by atoms with van der Waals surface area (Å²) in [5.74, 6) is 0.251. The van der Waals surface area contributed by atoms with E-state index in [0.717, 1.165) is 12.0 Å². The summed E-state index contributed by atoms with van der Waals surface area (Å²) in [6.07, 6.45) is 0.997. The van der Waals surface area contributed by atoms with E-state index in [2.05, 4.69) is 23.9 Å². The van der Waals surface area contributed by atoms with Gasteiger partial charge in [-0.25, -0.2) is 8.42 Å². The topological polar surface area (TPSA) is 75.3 Å². The summed E-state index contributed by atoms with van der Waals surface area (Å²) in [6.45, 7) is 9.66. The van der Waals surface area contributed by atoms with E-state index in [9.17, 15) is 13.2 Å². The van der Waals surface area contributed by atoms with Gasteiger partial charge in [0.1, 0.15) is 0 Å². The van der Waals surface area contributed by atoms with Crippen molar-refractivity contribution in [1.29, 1.82) is 0 Å². The molecule has 5 nitrogen and oxygen atoms in total. The van der Waals surface area contributed by atoms with Gasteiger partial charge in [0.05, 0.1) is 10.6 Å².